The standard InChI is InChI=1S/C16H22N2O5S/c1-2-24(21,22)18-10-8-13(9-11-18)16(20)23-14(15(17)19)12-6-4-3-5-7-12/h3-7,13-14H,2,8-11H2,1H3,(H2,17,19). The average molecular weight is 354 g/mol. The van der Waals surface area contributed by atoms with E-state index in [1.165, 1.54) is 4.31 Å². The molecule has 1 aliphatic heterocycles. The molecule has 132 valence electrons. The van der Waals surface area contributed by atoms with Crippen molar-refractivity contribution in [1.29, 1.82) is 0 Å². The van der Waals surface area contributed by atoms with E-state index in [1.54, 1.807) is 37.3 Å². The Morgan fingerprint density at radius 3 is 2.33 bits per heavy atom. The first-order valence-electron chi connectivity index (χ1n) is 7.87. The van der Waals surface area contributed by atoms with Gasteiger partial charge in [0.2, 0.25) is 16.1 Å². The van der Waals surface area contributed by atoms with Gasteiger partial charge in [-0.3, -0.25) is 9.59 Å². The van der Waals surface area contributed by atoms with Gasteiger partial charge in [0.15, 0.2) is 0 Å². The number of rotatable bonds is 6. The fraction of sp³-hybridized carbons (Fsp3) is 0.500. The predicted octanol–water partition coefficient (Wildman–Crippen LogP) is 0.818. The molecule has 0 radical (unpaired) electrons. The Morgan fingerprint density at radius 1 is 1.25 bits per heavy atom. The van der Waals surface area contributed by atoms with Crippen LogP contribution in [0.2, 0.25) is 0 Å². The third kappa shape index (κ3) is 4.33. The highest BCUT2D eigenvalue weighted by atomic mass is 32.2. The fourth-order valence-electron chi connectivity index (χ4n) is 2.68. The van der Waals surface area contributed by atoms with Crippen molar-refractivity contribution >= 4 is 21.9 Å². The summed E-state index contributed by atoms with van der Waals surface area (Å²) in [6.07, 6.45) is -0.382. The summed E-state index contributed by atoms with van der Waals surface area (Å²) in [7, 11) is -3.24. The maximum atomic E-state index is 12.3. The van der Waals surface area contributed by atoms with Gasteiger partial charge in [-0.2, -0.15) is 0 Å². The van der Waals surface area contributed by atoms with Crippen LogP contribution in [0.5, 0.6) is 0 Å². The Balaban J connectivity index is 1.99. The van der Waals surface area contributed by atoms with E-state index in [0.717, 1.165) is 0 Å². The lowest BCUT2D eigenvalue weighted by Crippen LogP contribution is -2.41. The Morgan fingerprint density at radius 2 is 1.83 bits per heavy atom. The van der Waals surface area contributed by atoms with Crippen molar-refractivity contribution in [2.45, 2.75) is 25.9 Å². The average Bonchev–Trinajstić information content (AvgIpc) is 2.60. The first-order chi connectivity index (χ1) is 11.3. The molecule has 1 aliphatic rings. The van der Waals surface area contributed by atoms with Crippen molar-refractivity contribution in [2.75, 3.05) is 18.8 Å². The van der Waals surface area contributed by atoms with E-state index in [4.69, 9.17) is 10.5 Å². The number of ether oxygens (including phenoxy) is 1. The van der Waals surface area contributed by atoms with E-state index in [2.05, 4.69) is 0 Å². The van der Waals surface area contributed by atoms with Crippen LogP contribution in [0.3, 0.4) is 0 Å². The van der Waals surface area contributed by atoms with Crippen LogP contribution in [0.1, 0.15) is 31.4 Å². The minimum Gasteiger partial charge on any atom is -0.447 e. The topological polar surface area (TPSA) is 107 Å². The smallest absolute Gasteiger partial charge is 0.310 e. The maximum Gasteiger partial charge on any atom is 0.310 e. The SMILES string of the molecule is CCS(=O)(=O)N1CCC(C(=O)OC(C(N)=O)c2ccccc2)CC1. The van der Waals surface area contributed by atoms with Gasteiger partial charge in [0.1, 0.15) is 0 Å². The number of esters is 1. The van der Waals surface area contributed by atoms with Crippen molar-refractivity contribution in [2.24, 2.45) is 11.7 Å². The number of carbonyl (C=O) groups excluding carboxylic acids is 2. The largest absolute Gasteiger partial charge is 0.447 e. The zero-order valence-corrected chi connectivity index (χ0v) is 14.4. The lowest BCUT2D eigenvalue weighted by atomic mass is 9.98. The Hall–Kier alpha value is -1.93. The molecule has 24 heavy (non-hydrogen) atoms. The van der Waals surface area contributed by atoms with Gasteiger partial charge >= 0.3 is 5.97 Å². The molecule has 0 aliphatic carbocycles. The lowest BCUT2D eigenvalue weighted by Gasteiger charge is -2.30. The molecule has 1 heterocycles. The Bertz CT molecular complexity index is 682. The fourth-order valence-corrected chi connectivity index (χ4v) is 3.82. The van der Waals surface area contributed by atoms with Crippen LogP contribution in [0.25, 0.3) is 0 Å². The number of amides is 1. The van der Waals surface area contributed by atoms with Crippen LogP contribution < -0.4 is 5.73 Å². The van der Waals surface area contributed by atoms with E-state index < -0.39 is 33.9 Å². The molecule has 1 fully saturated rings. The molecule has 1 aromatic carbocycles. The van der Waals surface area contributed by atoms with Gasteiger partial charge in [-0.25, -0.2) is 12.7 Å². The molecule has 1 amide bonds. The normalized spacial score (nSPS) is 18.0. The zero-order chi connectivity index (χ0) is 17.7. The third-order valence-corrected chi connectivity index (χ3v) is 6.02. The summed E-state index contributed by atoms with van der Waals surface area (Å²) >= 11 is 0. The Kier molecular flexibility index (Phi) is 5.95. The van der Waals surface area contributed by atoms with E-state index in [1.807, 2.05) is 0 Å². The molecule has 1 atom stereocenters. The van der Waals surface area contributed by atoms with Crippen molar-refractivity contribution in [1.82, 2.24) is 4.31 Å². The molecule has 2 rings (SSSR count). The molecule has 1 saturated heterocycles. The lowest BCUT2D eigenvalue weighted by molar-refractivity contribution is -0.160. The summed E-state index contributed by atoms with van der Waals surface area (Å²) in [6.45, 7) is 2.15. The molecule has 0 aromatic heterocycles. The summed E-state index contributed by atoms with van der Waals surface area (Å²) in [5, 5.41) is 0. The molecule has 2 N–H and O–H groups in total. The minimum atomic E-state index is -3.24. The second-order valence-electron chi connectivity index (χ2n) is 5.70. The Labute approximate surface area is 141 Å². The van der Waals surface area contributed by atoms with Crippen molar-refractivity contribution in [3.8, 4) is 0 Å². The highest BCUT2D eigenvalue weighted by Gasteiger charge is 2.33. The monoisotopic (exact) mass is 354 g/mol. The number of sulfonamides is 1. The summed E-state index contributed by atoms with van der Waals surface area (Å²) in [4.78, 5) is 23.9. The number of hydrogen-bond donors (Lipinski definition) is 1. The van der Waals surface area contributed by atoms with Crippen LogP contribution >= 0.6 is 0 Å². The first-order valence-corrected chi connectivity index (χ1v) is 9.48. The van der Waals surface area contributed by atoms with Gasteiger partial charge in [0.25, 0.3) is 5.91 Å². The number of benzene rings is 1. The molecule has 1 unspecified atom stereocenters. The van der Waals surface area contributed by atoms with Crippen molar-refractivity contribution in [3.63, 3.8) is 0 Å². The summed E-state index contributed by atoms with van der Waals surface area (Å²) in [6, 6.07) is 8.58. The molecule has 7 nitrogen and oxygen atoms in total. The number of carbonyl (C=O) groups is 2. The van der Waals surface area contributed by atoms with Crippen molar-refractivity contribution in [3.05, 3.63) is 35.9 Å². The van der Waals surface area contributed by atoms with E-state index in [9.17, 15) is 18.0 Å². The summed E-state index contributed by atoms with van der Waals surface area (Å²) in [5.41, 5.74) is 5.86. The molecule has 0 spiro atoms. The number of primary amides is 1. The van der Waals surface area contributed by atoms with E-state index >= 15 is 0 Å². The van der Waals surface area contributed by atoms with Crippen LogP contribution in [0.15, 0.2) is 30.3 Å². The van der Waals surface area contributed by atoms with Crippen LogP contribution in [0.4, 0.5) is 0 Å². The van der Waals surface area contributed by atoms with Gasteiger partial charge in [-0.1, -0.05) is 30.3 Å². The van der Waals surface area contributed by atoms with Gasteiger partial charge in [-0.15, -0.1) is 0 Å². The zero-order valence-electron chi connectivity index (χ0n) is 13.6. The summed E-state index contributed by atoms with van der Waals surface area (Å²) in [5.74, 6) is -1.64. The predicted molar refractivity (Wildman–Crippen MR) is 88.2 cm³/mol. The highest BCUT2D eigenvalue weighted by Crippen LogP contribution is 2.25. The van der Waals surface area contributed by atoms with Gasteiger partial charge in [-0.05, 0) is 19.8 Å². The molecular formula is C16H22N2O5S. The van der Waals surface area contributed by atoms with Crippen LogP contribution in [-0.2, 0) is 24.3 Å². The number of hydrogen-bond acceptors (Lipinski definition) is 5. The quantitative estimate of drug-likeness (QED) is 0.761. The number of piperidine rings is 1. The van der Waals surface area contributed by atoms with Gasteiger partial charge < -0.3 is 10.5 Å². The number of nitrogens with two attached hydrogens (primary N) is 1. The molecule has 0 bridgehead atoms. The first kappa shape index (κ1) is 18.4. The molecule has 8 heteroatoms. The molecule has 1 aromatic rings. The highest BCUT2D eigenvalue weighted by molar-refractivity contribution is 7.89. The van der Waals surface area contributed by atoms with Crippen LogP contribution in [0, 0.1) is 5.92 Å². The maximum absolute atomic E-state index is 12.3. The summed E-state index contributed by atoms with van der Waals surface area (Å²) < 4.78 is 30.4. The second-order valence-corrected chi connectivity index (χ2v) is 7.96. The third-order valence-electron chi connectivity index (χ3n) is 4.14. The van der Waals surface area contributed by atoms with Crippen LogP contribution in [-0.4, -0.2) is 43.4 Å². The number of nitrogens with zero attached hydrogens (tertiary/aromatic N) is 1. The molecular weight excluding hydrogens is 332 g/mol. The van der Waals surface area contributed by atoms with E-state index in [-0.39, 0.29) is 18.8 Å². The van der Waals surface area contributed by atoms with Gasteiger partial charge in [0, 0.05) is 18.7 Å². The second kappa shape index (κ2) is 7.76. The molecule has 0 saturated carbocycles. The van der Waals surface area contributed by atoms with E-state index in [0.29, 0.717) is 18.4 Å². The van der Waals surface area contributed by atoms with Crippen molar-refractivity contribution < 1.29 is 22.7 Å². The van der Waals surface area contributed by atoms with Gasteiger partial charge in [0.05, 0.1) is 11.7 Å². The minimum absolute atomic E-state index is 0.0415.